The van der Waals surface area contributed by atoms with Gasteiger partial charge in [-0.1, -0.05) is 48.5 Å². The van der Waals surface area contributed by atoms with Crippen molar-refractivity contribution in [1.29, 1.82) is 0 Å². The van der Waals surface area contributed by atoms with Gasteiger partial charge in [0.1, 0.15) is 0 Å². The third kappa shape index (κ3) is 2.71. The summed E-state index contributed by atoms with van der Waals surface area (Å²) in [5.74, 6) is 5.28. The van der Waals surface area contributed by atoms with E-state index >= 15 is 0 Å². The van der Waals surface area contributed by atoms with Crippen LogP contribution in [0.4, 0.5) is 0 Å². The third-order valence-electron chi connectivity index (χ3n) is 7.14. The van der Waals surface area contributed by atoms with E-state index in [-0.39, 0.29) is 0 Å². The molecule has 10 radical (unpaired) electrons. The summed E-state index contributed by atoms with van der Waals surface area (Å²) in [6, 6.07) is 18.5. The van der Waals surface area contributed by atoms with Crippen LogP contribution in [0.15, 0.2) is 48.5 Å². The molecule has 0 heteroatoms. The van der Waals surface area contributed by atoms with Crippen LogP contribution >= 0.6 is 0 Å². The van der Waals surface area contributed by atoms with Gasteiger partial charge in [-0.05, 0) is 110 Å². The summed E-state index contributed by atoms with van der Waals surface area (Å²) < 4.78 is 0. The minimum Gasteiger partial charge on any atom is -0.0620 e. The molecule has 2 fully saturated rings. The Kier molecular flexibility index (Phi) is 4.36. The van der Waals surface area contributed by atoms with E-state index in [1.807, 2.05) is 0 Å². The summed E-state index contributed by atoms with van der Waals surface area (Å²) >= 11 is 0. The van der Waals surface area contributed by atoms with Crippen LogP contribution < -0.4 is 0 Å². The molecule has 0 nitrogen and oxygen atoms in total. The predicted molar refractivity (Wildman–Crippen MR) is 114 cm³/mol. The molecular formula is C28H24. The highest BCUT2D eigenvalue weighted by Crippen LogP contribution is 2.62. The molecule has 2 aromatic carbocycles. The SMILES string of the molecule is [CH]1[CH][CH][C](C[C@H]2C3c4ccccc4C(c4ccccc43)[C@@H]2C[C]2[CH][CH][CH][CH]2)[CH]1. The number of rotatable bonds is 4. The van der Waals surface area contributed by atoms with Crippen molar-refractivity contribution >= 4 is 0 Å². The molecule has 0 aliphatic heterocycles. The summed E-state index contributed by atoms with van der Waals surface area (Å²) in [5, 5.41) is 0. The number of hydrogen-bond donors (Lipinski definition) is 0. The van der Waals surface area contributed by atoms with E-state index in [4.69, 9.17) is 0 Å². The van der Waals surface area contributed by atoms with Gasteiger partial charge in [-0.3, -0.25) is 0 Å². The minimum atomic E-state index is 0.507. The zero-order valence-corrected chi connectivity index (χ0v) is 16.0. The first-order chi connectivity index (χ1) is 13.9. The molecule has 28 heavy (non-hydrogen) atoms. The standard InChI is InChI=1S/C28H24/c1-2-10-19(9-1)17-25-26(18-20-11-3-4-12-20)28-23-15-7-5-13-21(23)27(25)22-14-6-8-16-24(22)28/h1-16,25-28H,17-18H2/t25-,26-,27?,28?/m1/s1. The second-order valence-corrected chi connectivity index (χ2v) is 8.54. The van der Waals surface area contributed by atoms with Crippen LogP contribution in [0.3, 0.4) is 0 Å². The first kappa shape index (κ1) is 17.3. The molecular weight excluding hydrogens is 336 g/mol. The molecule has 5 aliphatic rings. The summed E-state index contributed by atoms with van der Waals surface area (Å²) in [7, 11) is 0. The van der Waals surface area contributed by atoms with E-state index in [9.17, 15) is 0 Å². The lowest BCUT2D eigenvalue weighted by Crippen LogP contribution is -2.41. The van der Waals surface area contributed by atoms with Crippen LogP contribution in [0.1, 0.15) is 46.9 Å². The predicted octanol–water partition coefficient (Wildman–Crippen LogP) is 6.10. The summed E-state index contributed by atoms with van der Waals surface area (Å²) in [4.78, 5) is 0. The molecule has 2 aromatic rings. The van der Waals surface area contributed by atoms with Gasteiger partial charge >= 0.3 is 0 Å². The van der Waals surface area contributed by atoms with Crippen molar-refractivity contribution in [1.82, 2.24) is 0 Å². The Morgan fingerprint density at radius 1 is 0.464 bits per heavy atom. The fourth-order valence-electron chi connectivity index (χ4n) is 6.09. The molecule has 0 spiro atoms. The lowest BCUT2D eigenvalue weighted by molar-refractivity contribution is 0.217. The van der Waals surface area contributed by atoms with Gasteiger partial charge in [0.2, 0.25) is 0 Å². The van der Waals surface area contributed by atoms with Gasteiger partial charge in [0.05, 0.1) is 0 Å². The van der Waals surface area contributed by atoms with Crippen molar-refractivity contribution in [3.63, 3.8) is 0 Å². The van der Waals surface area contributed by atoms with Gasteiger partial charge in [0, 0.05) is 11.8 Å². The Balaban J connectivity index is 1.46. The lowest BCUT2D eigenvalue weighted by Gasteiger charge is -2.52. The smallest absolute Gasteiger partial charge is 0.0127 e. The van der Waals surface area contributed by atoms with Crippen LogP contribution in [0, 0.1) is 75.0 Å². The highest BCUT2D eigenvalue weighted by Gasteiger charge is 2.50. The number of benzene rings is 2. The molecule has 0 N–H and O–H groups in total. The van der Waals surface area contributed by atoms with Crippen LogP contribution in [-0.4, -0.2) is 0 Å². The fraction of sp³-hybridized carbons (Fsp3) is 0.214. The second kappa shape index (κ2) is 7.05. The average Bonchev–Trinajstić information content (AvgIpc) is 3.43. The average molecular weight is 361 g/mol. The van der Waals surface area contributed by atoms with Crippen molar-refractivity contribution in [2.24, 2.45) is 11.8 Å². The maximum Gasteiger partial charge on any atom is 0.0127 e. The second-order valence-electron chi connectivity index (χ2n) is 8.54. The lowest BCUT2D eigenvalue weighted by atomic mass is 9.51. The van der Waals surface area contributed by atoms with Gasteiger partial charge in [-0.15, -0.1) is 0 Å². The maximum absolute atomic E-state index is 2.39. The largest absolute Gasteiger partial charge is 0.0620 e. The molecule has 5 aliphatic carbocycles. The van der Waals surface area contributed by atoms with E-state index in [2.05, 4.69) is 99.9 Å². The van der Waals surface area contributed by atoms with Crippen LogP contribution in [0.5, 0.6) is 0 Å². The van der Waals surface area contributed by atoms with E-state index in [0.29, 0.717) is 23.7 Å². The first-order valence-corrected chi connectivity index (χ1v) is 10.5. The Hall–Kier alpha value is -1.56. The van der Waals surface area contributed by atoms with Gasteiger partial charge in [-0.25, -0.2) is 0 Å². The molecule has 2 atom stereocenters. The summed E-state index contributed by atoms with van der Waals surface area (Å²) in [6.07, 6.45) is 20.3. The van der Waals surface area contributed by atoms with Gasteiger partial charge in [0.15, 0.2) is 0 Å². The van der Waals surface area contributed by atoms with Gasteiger partial charge in [0.25, 0.3) is 0 Å². The van der Waals surface area contributed by atoms with Crippen molar-refractivity contribution in [3.05, 3.63) is 134 Å². The molecule has 0 saturated heterocycles. The Morgan fingerprint density at radius 2 is 0.786 bits per heavy atom. The number of hydrogen-bond acceptors (Lipinski definition) is 0. The van der Waals surface area contributed by atoms with Gasteiger partial charge in [-0.2, -0.15) is 0 Å². The van der Waals surface area contributed by atoms with E-state index < -0.39 is 0 Å². The molecule has 0 heterocycles. The highest BCUT2D eigenvalue weighted by molar-refractivity contribution is 5.57. The Labute approximate surface area is 170 Å². The quantitative estimate of drug-likeness (QED) is 0.618. The van der Waals surface area contributed by atoms with Crippen LogP contribution in [0.25, 0.3) is 0 Å². The molecule has 2 saturated carbocycles. The Morgan fingerprint density at radius 3 is 1.11 bits per heavy atom. The molecule has 7 rings (SSSR count). The maximum atomic E-state index is 2.39. The molecule has 0 unspecified atom stereocenters. The van der Waals surface area contributed by atoms with E-state index in [0.717, 1.165) is 0 Å². The fourth-order valence-corrected chi connectivity index (χ4v) is 6.09. The molecule has 0 amide bonds. The monoisotopic (exact) mass is 360 g/mol. The molecule has 136 valence electrons. The zero-order valence-electron chi connectivity index (χ0n) is 16.0. The van der Waals surface area contributed by atoms with Crippen molar-refractivity contribution in [2.45, 2.75) is 24.7 Å². The van der Waals surface area contributed by atoms with E-state index in [1.165, 1.54) is 24.7 Å². The molecule has 2 bridgehead atoms. The highest BCUT2D eigenvalue weighted by atomic mass is 14.5. The zero-order chi connectivity index (χ0) is 18.5. The van der Waals surface area contributed by atoms with E-state index in [1.54, 1.807) is 22.3 Å². The van der Waals surface area contributed by atoms with Crippen molar-refractivity contribution in [3.8, 4) is 0 Å². The van der Waals surface area contributed by atoms with Crippen molar-refractivity contribution in [2.75, 3.05) is 0 Å². The normalized spacial score (nSPS) is 31.9. The van der Waals surface area contributed by atoms with Gasteiger partial charge < -0.3 is 0 Å². The first-order valence-electron chi connectivity index (χ1n) is 10.5. The minimum absolute atomic E-state index is 0.507. The Bertz CT molecular complexity index is 719. The van der Waals surface area contributed by atoms with Crippen LogP contribution in [-0.2, 0) is 0 Å². The third-order valence-corrected chi connectivity index (χ3v) is 7.14. The van der Waals surface area contributed by atoms with Crippen molar-refractivity contribution < 1.29 is 0 Å². The summed E-state index contributed by atoms with van der Waals surface area (Å²) in [6.45, 7) is 0. The molecule has 0 aromatic heterocycles. The topological polar surface area (TPSA) is 0 Å². The summed E-state index contributed by atoms with van der Waals surface area (Å²) in [5.41, 5.74) is 6.28. The van der Waals surface area contributed by atoms with Crippen LogP contribution in [0.2, 0.25) is 0 Å². The number of fused-ring (bicyclic) bond motifs is 1.